The van der Waals surface area contributed by atoms with E-state index in [1.807, 2.05) is 0 Å². The number of morpholine rings is 1. The first-order valence-corrected chi connectivity index (χ1v) is 6.13. The van der Waals surface area contributed by atoms with Crippen LogP contribution in [0.3, 0.4) is 0 Å². The summed E-state index contributed by atoms with van der Waals surface area (Å²) >= 11 is 0. The van der Waals surface area contributed by atoms with Crippen LogP contribution in [-0.2, 0) is 4.74 Å². The predicted octanol–water partition coefficient (Wildman–Crippen LogP) is 0.885. The van der Waals surface area contributed by atoms with Gasteiger partial charge in [-0.15, -0.1) is 0 Å². The highest BCUT2D eigenvalue weighted by atomic mass is 16.5. The van der Waals surface area contributed by atoms with Crippen LogP contribution in [0, 0.1) is 11.3 Å². The molecule has 18 heavy (non-hydrogen) atoms. The van der Waals surface area contributed by atoms with Crippen LogP contribution in [0.15, 0.2) is 18.2 Å². The van der Waals surface area contributed by atoms with E-state index in [4.69, 9.17) is 15.7 Å². The average molecular weight is 246 g/mol. The lowest BCUT2D eigenvalue weighted by molar-refractivity contribution is 0.0398. The van der Waals surface area contributed by atoms with E-state index in [1.54, 1.807) is 18.2 Å². The van der Waals surface area contributed by atoms with Crippen LogP contribution >= 0.6 is 0 Å². The van der Waals surface area contributed by atoms with Gasteiger partial charge in [0.25, 0.3) is 0 Å². The van der Waals surface area contributed by atoms with E-state index in [9.17, 15) is 0 Å². The molecule has 2 rings (SSSR count). The number of hydrogen-bond acceptors (Lipinski definition) is 5. The highest BCUT2D eigenvalue weighted by Crippen LogP contribution is 2.19. The van der Waals surface area contributed by atoms with Crippen molar-refractivity contribution in [2.45, 2.75) is 0 Å². The van der Waals surface area contributed by atoms with Gasteiger partial charge in [-0.25, -0.2) is 0 Å². The first kappa shape index (κ1) is 12.7. The van der Waals surface area contributed by atoms with Crippen molar-refractivity contribution in [3.63, 3.8) is 0 Å². The zero-order chi connectivity index (χ0) is 12.8. The second kappa shape index (κ2) is 6.24. The molecule has 1 aliphatic heterocycles. The van der Waals surface area contributed by atoms with Crippen molar-refractivity contribution in [2.75, 3.05) is 50.4 Å². The Hall–Kier alpha value is -1.77. The summed E-state index contributed by atoms with van der Waals surface area (Å²) in [6.07, 6.45) is 0. The maximum Gasteiger partial charge on any atom is 0.0992 e. The van der Waals surface area contributed by atoms with Gasteiger partial charge in [-0.2, -0.15) is 5.26 Å². The molecule has 0 aromatic heterocycles. The molecule has 0 atom stereocenters. The van der Waals surface area contributed by atoms with Crippen LogP contribution in [0.1, 0.15) is 5.56 Å². The van der Waals surface area contributed by atoms with Crippen LogP contribution in [0.2, 0.25) is 0 Å². The van der Waals surface area contributed by atoms with Crippen LogP contribution in [-0.4, -0.2) is 44.3 Å². The molecule has 5 heteroatoms. The molecule has 1 aromatic carbocycles. The molecule has 0 aliphatic carbocycles. The van der Waals surface area contributed by atoms with Gasteiger partial charge in [-0.05, 0) is 18.2 Å². The zero-order valence-corrected chi connectivity index (χ0v) is 10.4. The molecule has 0 saturated carbocycles. The van der Waals surface area contributed by atoms with Gasteiger partial charge >= 0.3 is 0 Å². The van der Waals surface area contributed by atoms with Gasteiger partial charge in [-0.3, -0.25) is 4.90 Å². The van der Waals surface area contributed by atoms with Gasteiger partial charge in [0.2, 0.25) is 0 Å². The summed E-state index contributed by atoms with van der Waals surface area (Å²) in [4.78, 5) is 2.35. The fraction of sp³-hybridized carbons (Fsp3) is 0.462. The minimum atomic E-state index is 0.623. The summed E-state index contributed by atoms with van der Waals surface area (Å²) in [5.41, 5.74) is 7.99. The summed E-state index contributed by atoms with van der Waals surface area (Å²) in [6.45, 7) is 5.36. The Kier molecular flexibility index (Phi) is 4.40. The second-order valence-corrected chi connectivity index (χ2v) is 4.29. The summed E-state index contributed by atoms with van der Waals surface area (Å²) in [5, 5.41) is 12.1. The van der Waals surface area contributed by atoms with Crippen molar-refractivity contribution in [1.29, 1.82) is 5.26 Å². The molecule has 96 valence electrons. The lowest BCUT2D eigenvalue weighted by Crippen LogP contribution is -2.39. The van der Waals surface area contributed by atoms with E-state index in [1.165, 1.54) is 0 Å². The van der Waals surface area contributed by atoms with Crippen molar-refractivity contribution in [3.05, 3.63) is 23.8 Å². The largest absolute Gasteiger partial charge is 0.397 e. The molecular formula is C13H18N4O. The second-order valence-electron chi connectivity index (χ2n) is 4.29. The Labute approximate surface area is 107 Å². The van der Waals surface area contributed by atoms with Crippen molar-refractivity contribution >= 4 is 11.4 Å². The highest BCUT2D eigenvalue weighted by Gasteiger charge is 2.09. The third-order valence-electron chi connectivity index (χ3n) is 3.03. The van der Waals surface area contributed by atoms with E-state index >= 15 is 0 Å². The zero-order valence-electron chi connectivity index (χ0n) is 10.4. The Morgan fingerprint density at radius 1 is 1.39 bits per heavy atom. The van der Waals surface area contributed by atoms with Crippen molar-refractivity contribution in [2.24, 2.45) is 0 Å². The summed E-state index contributed by atoms with van der Waals surface area (Å²) in [5.74, 6) is 0. The van der Waals surface area contributed by atoms with E-state index in [0.717, 1.165) is 45.1 Å². The SMILES string of the molecule is N#Cc1ccc(N)c(NCCN2CCOCC2)c1. The van der Waals surface area contributed by atoms with Gasteiger partial charge in [-0.1, -0.05) is 0 Å². The number of nitrogens with zero attached hydrogens (tertiary/aromatic N) is 2. The third-order valence-corrected chi connectivity index (χ3v) is 3.03. The molecule has 0 spiro atoms. The Bertz CT molecular complexity index is 435. The smallest absolute Gasteiger partial charge is 0.0992 e. The van der Waals surface area contributed by atoms with Gasteiger partial charge in [0, 0.05) is 26.2 Å². The first-order chi connectivity index (χ1) is 8.79. The number of nitrogens with one attached hydrogen (secondary N) is 1. The fourth-order valence-corrected chi connectivity index (χ4v) is 1.95. The molecule has 3 N–H and O–H groups in total. The topological polar surface area (TPSA) is 74.3 Å². The van der Waals surface area contributed by atoms with Crippen molar-refractivity contribution in [3.8, 4) is 6.07 Å². The van der Waals surface area contributed by atoms with Gasteiger partial charge < -0.3 is 15.8 Å². The number of rotatable bonds is 4. The predicted molar refractivity (Wildman–Crippen MR) is 71.3 cm³/mol. The fourth-order valence-electron chi connectivity index (χ4n) is 1.95. The molecule has 1 saturated heterocycles. The quantitative estimate of drug-likeness (QED) is 0.772. The molecule has 0 unspecified atom stereocenters. The monoisotopic (exact) mass is 246 g/mol. The number of benzene rings is 1. The van der Waals surface area contributed by atoms with E-state index < -0.39 is 0 Å². The molecule has 1 heterocycles. The highest BCUT2D eigenvalue weighted by molar-refractivity contribution is 5.68. The molecule has 1 aromatic rings. The normalized spacial score (nSPS) is 16.2. The summed E-state index contributed by atoms with van der Waals surface area (Å²) in [6, 6.07) is 7.38. The average Bonchev–Trinajstić information content (AvgIpc) is 2.42. The lowest BCUT2D eigenvalue weighted by Gasteiger charge is -2.26. The number of hydrogen-bond donors (Lipinski definition) is 2. The molecule has 1 fully saturated rings. The standard InChI is InChI=1S/C13H18N4O/c14-10-11-1-2-12(15)13(9-11)16-3-4-17-5-7-18-8-6-17/h1-2,9,16H,3-8,15H2. The van der Waals surface area contributed by atoms with Crippen LogP contribution in [0.4, 0.5) is 11.4 Å². The number of anilines is 2. The van der Waals surface area contributed by atoms with Gasteiger partial charge in [0.15, 0.2) is 0 Å². The van der Waals surface area contributed by atoms with E-state index in [0.29, 0.717) is 11.3 Å². The number of ether oxygens (including phenoxy) is 1. The molecule has 1 aliphatic rings. The lowest BCUT2D eigenvalue weighted by atomic mass is 10.2. The van der Waals surface area contributed by atoms with Crippen molar-refractivity contribution < 1.29 is 4.74 Å². The van der Waals surface area contributed by atoms with Crippen molar-refractivity contribution in [1.82, 2.24) is 4.90 Å². The maximum atomic E-state index is 8.84. The van der Waals surface area contributed by atoms with E-state index in [-0.39, 0.29) is 0 Å². The minimum absolute atomic E-state index is 0.623. The molecule has 5 nitrogen and oxygen atoms in total. The maximum absolute atomic E-state index is 8.84. The Balaban J connectivity index is 1.84. The van der Waals surface area contributed by atoms with Crippen LogP contribution in [0.25, 0.3) is 0 Å². The van der Waals surface area contributed by atoms with Gasteiger partial charge in [0.1, 0.15) is 0 Å². The third kappa shape index (κ3) is 3.36. The number of nitrogens with two attached hydrogens (primary N) is 1. The summed E-state index contributed by atoms with van der Waals surface area (Å²) < 4.78 is 5.30. The van der Waals surface area contributed by atoms with E-state index in [2.05, 4.69) is 16.3 Å². The van der Waals surface area contributed by atoms with Gasteiger partial charge in [0.05, 0.1) is 36.2 Å². The Morgan fingerprint density at radius 2 is 2.17 bits per heavy atom. The molecular weight excluding hydrogens is 228 g/mol. The molecule has 0 radical (unpaired) electrons. The van der Waals surface area contributed by atoms with Crippen LogP contribution in [0.5, 0.6) is 0 Å². The Morgan fingerprint density at radius 3 is 2.89 bits per heavy atom. The summed E-state index contributed by atoms with van der Waals surface area (Å²) in [7, 11) is 0. The first-order valence-electron chi connectivity index (χ1n) is 6.13. The molecule has 0 bridgehead atoms. The number of nitrogen functional groups attached to an aromatic ring is 1. The number of nitriles is 1. The van der Waals surface area contributed by atoms with Crippen LogP contribution < -0.4 is 11.1 Å². The minimum Gasteiger partial charge on any atom is -0.397 e. The molecule has 0 amide bonds.